The van der Waals surface area contributed by atoms with Crippen molar-refractivity contribution in [3.63, 3.8) is 0 Å². The van der Waals surface area contributed by atoms with Gasteiger partial charge >= 0.3 is 12.4 Å². The number of fused-ring (bicyclic) bond motifs is 1. The Balaban J connectivity index is 1.55. The number of hydrogen-bond acceptors (Lipinski definition) is 3. The van der Waals surface area contributed by atoms with Gasteiger partial charge in [0.2, 0.25) is 11.5 Å². The summed E-state index contributed by atoms with van der Waals surface area (Å²) in [6.07, 6.45) is -4.68. The van der Waals surface area contributed by atoms with Crippen LogP contribution in [0, 0.1) is 11.3 Å². The Morgan fingerprint density at radius 1 is 0.850 bits per heavy atom. The summed E-state index contributed by atoms with van der Waals surface area (Å²) in [7, 11) is 0. The molecule has 2 aromatic carbocycles. The van der Waals surface area contributed by atoms with Crippen LogP contribution >= 0.6 is 0 Å². The molecule has 214 valence electrons. The second-order valence-corrected chi connectivity index (χ2v) is 11.0. The number of carbonyl (C=O) groups excluding carboxylic acids is 1. The van der Waals surface area contributed by atoms with Crippen LogP contribution < -0.4 is 10.9 Å². The highest BCUT2D eigenvalue weighted by atomic mass is 19.4. The molecule has 1 aliphatic carbocycles. The molecule has 2 fully saturated rings. The Morgan fingerprint density at radius 3 is 2.08 bits per heavy atom. The number of aromatic nitrogens is 1. The SMILES string of the molecule is O=C(N(Cc1cc(C(F)(F)F)cc(C(F)(F)F)c1)Cc1ccc2cc(=O)[nH]cc2c1)C1(CC2CC2)CCNCC1. The molecule has 2 aliphatic rings. The minimum Gasteiger partial charge on any atom is -0.334 e. The van der Waals surface area contributed by atoms with Crippen LogP contribution in [0.1, 0.15) is 54.4 Å². The van der Waals surface area contributed by atoms with Crippen molar-refractivity contribution in [3.8, 4) is 0 Å². The fourth-order valence-corrected chi connectivity index (χ4v) is 5.68. The van der Waals surface area contributed by atoms with E-state index in [1.165, 1.54) is 17.2 Å². The Hall–Kier alpha value is -3.34. The maximum absolute atomic E-state index is 14.3. The van der Waals surface area contributed by atoms with Gasteiger partial charge in [-0.05, 0) is 84.4 Å². The van der Waals surface area contributed by atoms with Gasteiger partial charge in [-0.3, -0.25) is 9.59 Å². The molecule has 0 radical (unpaired) electrons. The monoisotopic (exact) mass is 565 g/mol. The highest BCUT2D eigenvalue weighted by molar-refractivity contribution is 5.84. The lowest BCUT2D eigenvalue weighted by Gasteiger charge is -2.40. The molecule has 3 aromatic rings. The molecule has 1 saturated heterocycles. The average molecular weight is 566 g/mol. The summed E-state index contributed by atoms with van der Waals surface area (Å²) in [5.41, 5.74) is -3.43. The van der Waals surface area contributed by atoms with Crippen LogP contribution in [0.5, 0.6) is 0 Å². The van der Waals surface area contributed by atoms with Gasteiger partial charge in [0, 0.05) is 25.4 Å². The van der Waals surface area contributed by atoms with Gasteiger partial charge in [0.15, 0.2) is 0 Å². The molecule has 0 unspecified atom stereocenters. The summed E-state index contributed by atoms with van der Waals surface area (Å²) >= 11 is 0. The second kappa shape index (κ2) is 10.6. The number of nitrogens with zero attached hydrogens (tertiary/aromatic N) is 1. The number of alkyl halides is 6. The highest BCUT2D eigenvalue weighted by Crippen LogP contribution is 2.46. The van der Waals surface area contributed by atoms with Crippen molar-refractivity contribution >= 4 is 16.7 Å². The van der Waals surface area contributed by atoms with Crippen LogP contribution in [0.3, 0.4) is 0 Å². The van der Waals surface area contributed by atoms with E-state index in [2.05, 4.69) is 10.3 Å². The van der Waals surface area contributed by atoms with Gasteiger partial charge in [0.05, 0.1) is 16.5 Å². The molecule has 0 spiro atoms. The van der Waals surface area contributed by atoms with Gasteiger partial charge in [-0.1, -0.05) is 25.0 Å². The van der Waals surface area contributed by atoms with Gasteiger partial charge in [0.25, 0.3) is 0 Å². The number of carbonyl (C=O) groups is 1. The first-order chi connectivity index (χ1) is 18.8. The smallest absolute Gasteiger partial charge is 0.334 e. The van der Waals surface area contributed by atoms with E-state index >= 15 is 0 Å². The number of rotatable bonds is 7. The molecule has 1 aromatic heterocycles. The van der Waals surface area contributed by atoms with Gasteiger partial charge in [-0.25, -0.2) is 0 Å². The molecule has 0 atom stereocenters. The minimum absolute atomic E-state index is 0.00859. The lowest BCUT2D eigenvalue weighted by atomic mass is 9.73. The van der Waals surface area contributed by atoms with Crippen molar-refractivity contribution in [1.29, 1.82) is 0 Å². The number of pyridine rings is 1. The summed E-state index contributed by atoms with van der Waals surface area (Å²) in [5, 5.41) is 4.61. The van der Waals surface area contributed by atoms with Crippen molar-refractivity contribution < 1.29 is 31.1 Å². The zero-order valence-corrected chi connectivity index (χ0v) is 21.6. The summed E-state index contributed by atoms with van der Waals surface area (Å²) in [4.78, 5) is 29.9. The molecule has 1 amide bonds. The van der Waals surface area contributed by atoms with Gasteiger partial charge in [-0.15, -0.1) is 0 Å². The number of H-pyrrole nitrogens is 1. The molecular weight excluding hydrogens is 536 g/mol. The van der Waals surface area contributed by atoms with E-state index in [9.17, 15) is 35.9 Å². The molecule has 2 N–H and O–H groups in total. The summed E-state index contributed by atoms with van der Waals surface area (Å²) in [6, 6.07) is 8.08. The molecule has 1 saturated carbocycles. The number of halogens is 6. The predicted molar refractivity (Wildman–Crippen MR) is 137 cm³/mol. The second-order valence-electron chi connectivity index (χ2n) is 11.0. The number of benzene rings is 2. The van der Waals surface area contributed by atoms with E-state index in [1.54, 1.807) is 18.2 Å². The number of nitrogens with one attached hydrogen (secondary N) is 2. The number of aromatic amines is 1. The van der Waals surface area contributed by atoms with E-state index < -0.39 is 35.4 Å². The maximum atomic E-state index is 14.3. The number of amides is 1. The lowest BCUT2D eigenvalue weighted by Crippen LogP contribution is -2.49. The fourth-order valence-electron chi connectivity index (χ4n) is 5.68. The summed E-state index contributed by atoms with van der Waals surface area (Å²) in [6.45, 7) is 0.801. The van der Waals surface area contributed by atoms with Crippen LogP contribution in [-0.4, -0.2) is 28.9 Å². The predicted octanol–water partition coefficient (Wildman–Crippen LogP) is 6.26. The van der Waals surface area contributed by atoms with Gasteiger partial charge < -0.3 is 15.2 Å². The van der Waals surface area contributed by atoms with Crippen molar-refractivity contribution in [3.05, 3.63) is 81.3 Å². The van der Waals surface area contributed by atoms with Crippen LogP contribution in [-0.2, 0) is 30.2 Å². The molecular formula is C29H29F6N3O2. The third-order valence-corrected chi connectivity index (χ3v) is 7.88. The zero-order valence-electron chi connectivity index (χ0n) is 21.6. The summed E-state index contributed by atoms with van der Waals surface area (Å²) < 4.78 is 81.5. The maximum Gasteiger partial charge on any atom is 0.416 e. The van der Waals surface area contributed by atoms with Crippen molar-refractivity contribution in [2.24, 2.45) is 11.3 Å². The fraction of sp³-hybridized carbons (Fsp3) is 0.448. The Morgan fingerprint density at radius 2 is 1.48 bits per heavy atom. The molecule has 2 heterocycles. The standard InChI is InChI=1S/C29H29F6N3O2/c30-28(31,32)23-10-20(11-24(13-23)29(33,34)35)17-38(16-19-3-4-21-12-25(39)37-15-22(21)9-19)26(40)27(14-18-1-2-18)5-7-36-8-6-27/h3-4,9-13,15,18,36H,1-2,5-8,14,16-17H2,(H,37,39). The molecule has 40 heavy (non-hydrogen) atoms. The van der Waals surface area contributed by atoms with Crippen LogP contribution in [0.25, 0.3) is 10.8 Å². The normalized spacial score (nSPS) is 17.6. The van der Waals surface area contributed by atoms with E-state index in [-0.39, 0.29) is 29.6 Å². The highest BCUT2D eigenvalue weighted by Gasteiger charge is 2.46. The first-order valence-corrected chi connectivity index (χ1v) is 13.2. The number of piperidine rings is 1. The van der Waals surface area contributed by atoms with Crippen molar-refractivity contribution in [1.82, 2.24) is 15.2 Å². The first-order valence-electron chi connectivity index (χ1n) is 13.2. The van der Waals surface area contributed by atoms with Gasteiger partial charge in [-0.2, -0.15) is 26.3 Å². The topological polar surface area (TPSA) is 65.2 Å². The lowest BCUT2D eigenvalue weighted by molar-refractivity contribution is -0.146. The third kappa shape index (κ3) is 6.35. The van der Waals surface area contributed by atoms with Gasteiger partial charge in [0.1, 0.15) is 0 Å². The molecule has 5 rings (SSSR count). The van der Waals surface area contributed by atoms with Crippen LogP contribution in [0.15, 0.2) is 53.5 Å². The van der Waals surface area contributed by atoms with E-state index in [4.69, 9.17) is 0 Å². The number of hydrogen-bond donors (Lipinski definition) is 2. The average Bonchev–Trinajstić information content (AvgIpc) is 3.71. The van der Waals surface area contributed by atoms with E-state index in [0.717, 1.165) is 12.8 Å². The van der Waals surface area contributed by atoms with E-state index in [1.807, 2.05) is 0 Å². The van der Waals surface area contributed by atoms with Crippen molar-refractivity contribution in [2.75, 3.05) is 13.1 Å². The third-order valence-electron chi connectivity index (χ3n) is 7.88. The minimum atomic E-state index is -4.98. The zero-order chi connectivity index (χ0) is 28.7. The Kier molecular flexibility index (Phi) is 7.45. The molecule has 0 bridgehead atoms. The quantitative estimate of drug-likeness (QED) is 0.332. The van der Waals surface area contributed by atoms with Crippen LogP contribution in [0.4, 0.5) is 26.3 Å². The molecule has 1 aliphatic heterocycles. The summed E-state index contributed by atoms with van der Waals surface area (Å²) in [5.74, 6) is 0.139. The first kappa shape index (κ1) is 28.2. The molecule has 5 nitrogen and oxygen atoms in total. The largest absolute Gasteiger partial charge is 0.416 e. The van der Waals surface area contributed by atoms with E-state index in [0.29, 0.717) is 66.7 Å². The van der Waals surface area contributed by atoms with Crippen molar-refractivity contribution in [2.45, 2.75) is 57.5 Å². The van der Waals surface area contributed by atoms with Crippen LogP contribution in [0.2, 0.25) is 0 Å². The Labute approximate surface area is 226 Å². The molecule has 11 heteroatoms. The Bertz CT molecular complexity index is 1420.